The third-order valence-electron chi connectivity index (χ3n) is 3.18. The van der Waals surface area contributed by atoms with Crippen LogP contribution < -0.4 is 5.32 Å². The van der Waals surface area contributed by atoms with Gasteiger partial charge >= 0.3 is 0 Å². The lowest BCUT2D eigenvalue weighted by molar-refractivity contribution is 0.369. The highest BCUT2D eigenvalue weighted by atomic mass is 127. The van der Waals surface area contributed by atoms with Crippen molar-refractivity contribution in [1.82, 2.24) is 15.4 Å². The molecule has 2 aromatic rings. The van der Waals surface area contributed by atoms with Gasteiger partial charge in [-0.05, 0) is 18.1 Å². The number of thiophene rings is 1. The minimum absolute atomic E-state index is 0. The fourth-order valence-electron chi connectivity index (χ4n) is 1.98. The highest BCUT2D eigenvalue weighted by Crippen LogP contribution is 2.22. The largest absolute Gasteiger partial charge is 0.359 e. The van der Waals surface area contributed by atoms with Crippen molar-refractivity contribution in [2.75, 3.05) is 14.1 Å². The van der Waals surface area contributed by atoms with Crippen molar-refractivity contribution in [3.63, 3.8) is 0 Å². The first kappa shape index (κ1) is 20.2. The van der Waals surface area contributed by atoms with Gasteiger partial charge in [0, 0.05) is 25.0 Å². The summed E-state index contributed by atoms with van der Waals surface area (Å²) in [5, 5.41) is 7.33. The first-order valence-electron chi connectivity index (χ1n) is 7.11. The van der Waals surface area contributed by atoms with Gasteiger partial charge in [0.1, 0.15) is 0 Å². The highest BCUT2D eigenvalue weighted by Gasteiger charge is 2.11. The zero-order valence-electron chi connectivity index (χ0n) is 13.7. The van der Waals surface area contributed by atoms with E-state index in [2.05, 4.69) is 29.3 Å². The molecule has 0 spiro atoms. The first-order chi connectivity index (χ1) is 10.5. The number of halogens is 2. The molecule has 0 unspecified atom stereocenters. The maximum absolute atomic E-state index is 5.96. The van der Waals surface area contributed by atoms with Gasteiger partial charge in [0.15, 0.2) is 11.7 Å². The van der Waals surface area contributed by atoms with E-state index in [0.29, 0.717) is 12.5 Å². The molecule has 0 aliphatic carbocycles. The van der Waals surface area contributed by atoms with Crippen LogP contribution in [0.5, 0.6) is 0 Å². The summed E-state index contributed by atoms with van der Waals surface area (Å²) >= 11 is 7.54. The second kappa shape index (κ2) is 9.48. The summed E-state index contributed by atoms with van der Waals surface area (Å²) in [5.74, 6) is 1.97. The molecule has 0 saturated heterocycles. The van der Waals surface area contributed by atoms with Gasteiger partial charge < -0.3 is 14.7 Å². The lowest BCUT2D eigenvalue weighted by Crippen LogP contribution is -2.37. The summed E-state index contributed by atoms with van der Waals surface area (Å²) in [6.07, 6.45) is 0. The number of aromatic nitrogens is 1. The summed E-state index contributed by atoms with van der Waals surface area (Å²) in [5.41, 5.74) is 0.966. The summed E-state index contributed by atoms with van der Waals surface area (Å²) in [4.78, 5) is 7.52. The lowest BCUT2D eigenvalue weighted by atomic mass is 10.1. The summed E-state index contributed by atoms with van der Waals surface area (Å²) in [7, 11) is 3.75. The van der Waals surface area contributed by atoms with Crippen LogP contribution in [0.15, 0.2) is 27.7 Å². The average molecular weight is 469 g/mol. The van der Waals surface area contributed by atoms with E-state index in [1.54, 1.807) is 18.4 Å². The van der Waals surface area contributed by atoms with Crippen molar-refractivity contribution < 1.29 is 4.52 Å². The van der Waals surface area contributed by atoms with E-state index in [9.17, 15) is 0 Å². The van der Waals surface area contributed by atoms with Gasteiger partial charge in [-0.25, -0.2) is 0 Å². The van der Waals surface area contributed by atoms with Crippen molar-refractivity contribution in [2.45, 2.75) is 32.9 Å². The molecule has 0 bridgehead atoms. The van der Waals surface area contributed by atoms with Crippen LogP contribution in [0.1, 0.15) is 36.1 Å². The predicted molar refractivity (Wildman–Crippen MR) is 107 cm³/mol. The zero-order valence-corrected chi connectivity index (χ0v) is 17.6. The molecule has 2 rings (SSSR count). The Hall–Kier alpha value is -0.800. The SMILES string of the molecule is CN=C(NCc1cc(C(C)C)no1)N(C)Cc1ccc(Cl)s1.I. The Balaban J connectivity index is 0.00000264. The Labute approximate surface area is 163 Å². The standard InChI is InChI=1S/C15H21ClN4OS.HI/c1-10(2)13-7-11(21-19-13)8-18-15(17-3)20(4)9-12-5-6-14(16)22-12;/h5-7,10H,8-9H2,1-4H3,(H,17,18);1H. The lowest BCUT2D eigenvalue weighted by Gasteiger charge is -2.20. The molecule has 0 radical (unpaired) electrons. The second-order valence-corrected chi connectivity index (χ2v) is 7.14. The summed E-state index contributed by atoms with van der Waals surface area (Å²) in [6, 6.07) is 5.92. The van der Waals surface area contributed by atoms with Gasteiger partial charge in [-0.15, -0.1) is 35.3 Å². The molecule has 128 valence electrons. The second-order valence-electron chi connectivity index (χ2n) is 5.34. The molecule has 5 nitrogen and oxygen atoms in total. The van der Waals surface area contributed by atoms with Crippen LogP contribution in [0.4, 0.5) is 0 Å². The molecule has 0 atom stereocenters. The fourth-order valence-corrected chi connectivity index (χ4v) is 3.12. The number of hydrogen-bond donors (Lipinski definition) is 1. The molecule has 0 amide bonds. The maximum Gasteiger partial charge on any atom is 0.194 e. The monoisotopic (exact) mass is 468 g/mol. The van der Waals surface area contributed by atoms with Crippen molar-refractivity contribution >= 4 is 52.9 Å². The molecular weight excluding hydrogens is 447 g/mol. The molecule has 0 aromatic carbocycles. The molecule has 2 heterocycles. The van der Waals surface area contributed by atoms with E-state index in [1.807, 2.05) is 30.1 Å². The van der Waals surface area contributed by atoms with Crippen LogP contribution in [0.2, 0.25) is 4.34 Å². The van der Waals surface area contributed by atoms with Crippen molar-refractivity contribution in [3.8, 4) is 0 Å². The van der Waals surface area contributed by atoms with Crippen molar-refractivity contribution in [1.29, 1.82) is 0 Å². The van der Waals surface area contributed by atoms with Gasteiger partial charge in [0.25, 0.3) is 0 Å². The van der Waals surface area contributed by atoms with Crippen LogP contribution in [-0.4, -0.2) is 30.1 Å². The Bertz CT molecular complexity index is 641. The normalized spacial score (nSPS) is 11.5. The van der Waals surface area contributed by atoms with Crippen LogP contribution in [0.25, 0.3) is 0 Å². The fraction of sp³-hybridized carbons (Fsp3) is 0.467. The molecule has 0 saturated carbocycles. The summed E-state index contributed by atoms with van der Waals surface area (Å²) < 4.78 is 6.12. The Kier molecular flexibility index (Phi) is 8.35. The van der Waals surface area contributed by atoms with E-state index in [1.165, 1.54) is 4.88 Å². The van der Waals surface area contributed by atoms with Gasteiger partial charge in [-0.3, -0.25) is 4.99 Å². The molecule has 0 fully saturated rings. The number of aliphatic imine (C=N–C) groups is 1. The van der Waals surface area contributed by atoms with E-state index in [4.69, 9.17) is 16.1 Å². The number of hydrogen-bond acceptors (Lipinski definition) is 4. The smallest absolute Gasteiger partial charge is 0.194 e. The molecule has 8 heteroatoms. The number of rotatable bonds is 5. The van der Waals surface area contributed by atoms with Crippen LogP contribution in [-0.2, 0) is 13.1 Å². The predicted octanol–water partition coefficient (Wildman–Crippen LogP) is 4.34. The van der Waals surface area contributed by atoms with E-state index >= 15 is 0 Å². The highest BCUT2D eigenvalue weighted by molar-refractivity contribution is 14.0. The molecule has 0 aliphatic rings. The van der Waals surface area contributed by atoms with Crippen LogP contribution in [0.3, 0.4) is 0 Å². The molecule has 0 aliphatic heterocycles. The third-order valence-corrected chi connectivity index (χ3v) is 4.40. The van der Waals surface area contributed by atoms with Crippen LogP contribution >= 0.6 is 46.9 Å². The van der Waals surface area contributed by atoms with Crippen molar-refractivity contribution in [2.24, 2.45) is 4.99 Å². The van der Waals surface area contributed by atoms with Gasteiger partial charge in [-0.1, -0.05) is 30.6 Å². The maximum atomic E-state index is 5.96. The van der Waals surface area contributed by atoms with E-state index < -0.39 is 0 Å². The van der Waals surface area contributed by atoms with Crippen LogP contribution in [0, 0.1) is 0 Å². The average Bonchev–Trinajstić information content (AvgIpc) is 3.09. The Morgan fingerprint density at radius 2 is 2.22 bits per heavy atom. The summed E-state index contributed by atoms with van der Waals surface area (Å²) in [6.45, 7) is 5.49. The number of guanidine groups is 1. The van der Waals surface area contributed by atoms with E-state index in [-0.39, 0.29) is 24.0 Å². The quantitative estimate of drug-likeness (QED) is 0.403. The van der Waals surface area contributed by atoms with Gasteiger partial charge in [0.2, 0.25) is 0 Å². The Morgan fingerprint density at radius 1 is 1.48 bits per heavy atom. The molecule has 2 aromatic heterocycles. The first-order valence-corrected chi connectivity index (χ1v) is 8.30. The Morgan fingerprint density at radius 3 is 2.74 bits per heavy atom. The van der Waals surface area contributed by atoms with Gasteiger partial charge in [0.05, 0.1) is 23.1 Å². The number of nitrogens with zero attached hydrogens (tertiary/aromatic N) is 3. The molecule has 1 N–H and O–H groups in total. The minimum Gasteiger partial charge on any atom is -0.359 e. The van der Waals surface area contributed by atoms with Crippen molar-refractivity contribution in [3.05, 3.63) is 38.9 Å². The topological polar surface area (TPSA) is 53.7 Å². The van der Waals surface area contributed by atoms with Gasteiger partial charge in [-0.2, -0.15) is 0 Å². The zero-order chi connectivity index (χ0) is 16.1. The molecule has 23 heavy (non-hydrogen) atoms. The molecular formula is C15H22ClIN4OS. The number of nitrogens with one attached hydrogen (secondary N) is 1. The minimum atomic E-state index is 0. The third kappa shape index (κ3) is 5.96. The van der Waals surface area contributed by atoms with E-state index in [0.717, 1.165) is 28.3 Å².